The van der Waals surface area contributed by atoms with E-state index in [1.807, 2.05) is 0 Å². The van der Waals surface area contributed by atoms with Crippen LogP contribution in [0.5, 0.6) is 5.88 Å². The van der Waals surface area contributed by atoms with Gasteiger partial charge in [0.15, 0.2) is 0 Å². The summed E-state index contributed by atoms with van der Waals surface area (Å²) in [6, 6.07) is 8.62. The Morgan fingerprint density at radius 3 is 2.33 bits per heavy atom. The Morgan fingerprint density at radius 2 is 1.87 bits per heavy atom. The van der Waals surface area contributed by atoms with E-state index in [4.69, 9.17) is 4.18 Å². The Balaban J connectivity index is 1.88. The molecule has 2 aromatic rings. The molecule has 1 aromatic heterocycles. The maximum absolute atomic E-state index is 13.5. The summed E-state index contributed by atoms with van der Waals surface area (Å²) in [6.45, 7) is 0. The Morgan fingerprint density at radius 1 is 1.23 bits per heavy atom. The minimum Gasteiger partial charge on any atom is -0.380 e. The third kappa shape index (κ3) is 3.59. The fourth-order valence-corrected chi connectivity index (χ4v) is 4.51. The van der Waals surface area contributed by atoms with E-state index in [1.54, 1.807) is 12.1 Å². The fraction of sp³-hybridized carbons (Fsp3) is 0.316. The van der Waals surface area contributed by atoms with Gasteiger partial charge in [0.2, 0.25) is 15.7 Å². The topological polar surface area (TPSA) is 106 Å². The average Bonchev–Trinajstić information content (AvgIpc) is 3.58. The minimum absolute atomic E-state index is 0.00686. The van der Waals surface area contributed by atoms with Crippen molar-refractivity contribution >= 4 is 20.4 Å². The molecule has 2 saturated carbocycles. The van der Waals surface area contributed by atoms with Crippen LogP contribution >= 0.6 is 0 Å². The first-order valence-electron chi connectivity index (χ1n) is 8.98. The summed E-state index contributed by atoms with van der Waals surface area (Å²) < 4.78 is 58.2. The van der Waals surface area contributed by atoms with Gasteiger partial charge < -0.3 is 4.18 Å². The molecule has 0 amide bonds. The fourth-order valence-electron chi connectivity index (χ4n) is 2.99. The monoisotopic (exact) mass is 437 g/mol. The lowest BCUT2D eigenvalue weighted by atomic mass is 9.99. The standard InChI is InChI=1S/C19H14F3N3O4S/c20-19(21,22)30(28,14-7-8-14)29-18-16(10-23)15(9-17(24-18)12-1-2-12)11-3-5-13(6-4-11)25(26)27/h3-6,9,12H,1-2,7-8H2. The zero-order valence-corrected chi connectivity index (χ0v) is 16.1. The zero-order chi connectivity index (χ0) is 21.7. The van der Waals surface area contributed by atoms with E-state index in [2.05, 4.69) is 4.98 Å². The van der Waals surface area contributed by atoms with Crippen molar-refractivity contribution in [1.29, 1.82) is 5.26 Å². The summed E-state index contributed by atoms with van der Waals surface area (Å²) >= 11 is 0. The van der Waals surface area contributed by atoms with E-state index in [0.717, 1.165) is 12.8 Å². The number of rotatable bonds is 5. The molecule has 156 valence electrons. The van der Waals surface area contributed by atoms with E-state index in [0.29, 0.717) is 11.3 Å². The van der Waals surface area contributed by atoms with Gasteiger partial charge in [-0.1, -0.05) is 0 Å². The number of pyridine rings is 1. The molecular formula is C19H14F3N3O4S. The maximum atomic E-state index is 13.5. The molecule has 1 atom stereocenters. The van der Waals surface area contributed by atoms with Crippen LogP contribution < -0.4 is 4.18 Å². The van der Waals surface area contributed by atoms with Gasteiger partial charge in [-0.15, -0.1) is 0 Å². The molecule has 11 heteroatoms. The highest BCUT2D eigenvalue weighted by molar-refractivity contribution is 7.99. The number of halogens is 3. The summed E-state index contributed by atoms with van der Waals surface area (Å²) in [6.07, 6.45) is 1.64. The summed E-state index contributed by atoms with van der Waals surface area (Å²) in [5.74, 6) is -0.621. The van der Waals surface area contributed by atoms with Crippen molar-refractivity contribution in [1.82, 2.24) is 4.98 Å². The molecule has 7 nitrogen and oxygen atoms in total. The zero-order valence-electron chi connectivity index (χ0n) is 15.3. The van der Waals surface area contributed by atoms with E-state index in [1.165, 1.54) is 24.3 Å². The van der Waals surface area contributed by atoms with Gasteiger partial charge in [0.05, 0.1) is 4.92 Å². The molecule has 0 N–H and O–H groups in total. The maximum Gasteiger partial charge on any atom is 0.497 e. The summed E-state index contributed by atoms with van der Waals surface area (Å²) in [7, 11) is -4.82. The molecule has 0 saturated heterocycles. The molecule has 0 radical (unpaired) electrons. The third-order valence-corrected chi connectivity index (χ3v) is 7.01. The van der Waals surface area contributed by atoms with Crippen molar-refractivity contribution in [3.8, 4) is 23.1 Å². The van der Waals surface area contributed by atoms with E-state index >= 15 is 0 Å². The Labute approximate surface area is 169 Å². The molecule has 0 spiro atoms. The lowest BCUT2D eigenvalue weighted by Gasteiger charge is -2.18. The van der Waals surface area contributed by atoms with Gasteiger partial charge in [0, 0.05) is 34.2 Å². The normalized spacial score (nSPS) is 17.7. The van der Waals surface area contributed by atoms with Crippen LogP contribution in [-0.4, -0.2) is 24.5 Å². The largest absolute Gasteiger partial charge is 0.497 e. The number of benzene rings is 1. The number of nitro benzene ring substituents is 1. The highest BCUT2D eigenvalue weighted by Gasteiger charge is 2.49. The number of nitro groups is 1. The smallest absolute Gasteiger partial charge is 0.380 e. The lowest BCUT2D eigenvalue weighted by molar-refractivity contribution is -0.384. The molecule has 1 aromatic carbocycles. The van der Waals surface area contributed by atoms with Crippen molar-refractivity contribution < 1.29 is 26.5 Å². The second-order valence-corrected chi connectivity index (χ2v) is 9.25. The predicted octanol–water partition coefficient (Wildman–Crippen LogP) is 4.47. The van der Waals surface area contributed by atoms with Crippen molar-refractivity contribution in [2.45, 2.75) is 37.1 Å². The first kappa shape index (κ1) is 20.2. The first-order valence-corrected chi connectivity index (χ1v) is 10.5. The van der Waals surface area contributed by atoms with Crippen LogP contribution in [-0.2, 0) is 9.80 Å². The van der Waals surface area contributed by atoms with Crippen LogP contribution in [0, 0.1) is 21.4 Å². The molecule has 2 aliphatic rings. The lowest BCUT2D eigenvalue weighted by Crippen LogP contribution is -2.31. The van der Waals surface area contributed by atoms with Gasteiger partial charge in [0.25, 0.3) is 5.69 Å². The SMILES string of the molecule is N#Cc1c(-c2ccc([N+](=O)[O-])cc2)cc(C2CC2)nc1OS(=O)(=C1CC1)C(F)(F)F. The Bertz CT molecular complexity index is 1200. The number of non-ortho nitro benzene ring substituents is 1. The Hall–Kier alpha value is -3.13. The quantitative estimate of drug-likeness (QED) is 0.388. The Kier molecular flexibility index (Phi) is 4.69. The highest BCUT2D eigenvalue weighted by atomic mass is 32.2. The van der Waals surface area contributed by atoms with Crippen LogP contribution in [0.4, 0.5) is 18.9 Å². The molecular weight excluding hydrogens is 423 g/mol. The van der Waals surface area contributed by atoms with E-state index in [-0.39, 0.29) is 40.4 Å². The number of alkyl halides is 3. The van der Waals surface area contributed by atoms with Crippen molar-refractivity contribution in [3.63, 3.8) is 0 Å². The van der Waals surface area contributed by atoms with Gasteiger partial charge in [-0.25, -0.2) is 9.19 Å². The van der Waals surface area contributed by atoms with Crippen LogP contribution in [0.1, 0.15) is 42.9 Å². The minimum atomic E-state index is -5.13. The van der Waals surface area contributed by atoms with Crippen molar-refractivity contribution in [2.24, 2.45) is 0 Å². The second kappa shape index (κ2) is 6.98. The van der Waals surface area contributed by atoms with Crippen molar-refractivity contribution in [3.05, 3.63) is 51.7 Å². The summed E-state index contributed by atoms with van der Waals surface area (Å²) in [5.41, 5.74) is -4.56. The number of nitriles is 1. The average molecular weight is 437 g/mol. The van der Waals surface area contributed by atoms with E-state index in [9.17, 15) is 32.8 Å². The molecule has 1 unspecified atom stereocenters. The van der Waals surface area contributed by atoms with Gasteiger partial charge in [-0.3, -0.25) is 10.1 Å². The van der Waals surface area contributed by atoms with Gasteiger partial charge in [0.1, 0.15) is 11.6 Å². The third-order valence-electron chi connectivity index (χ3n) is 4.84. The predicted molar refractivity (Wildman–Crippen MR) is 102 cm³/mol. The second-order valence-electron chi connectivity index (χ2n) is 7.04. The molecule has 30 heavy (non-hydrogen) atoms. The number of hydrogen-bond donors (Lipinski definition) is 0. The molecule has 2 fully saturated rings. The van der Waals surface area contributed by atoms with Gasteiger partial charge in [-0.05, 0) is 49.4 Å². The molecule has 2 aliphatic carbocycles. The van der Waals surface area contributed by atoms with Crippen molar-refractivity contribution in [2.75, 3.05) is 0 Å². The van der Waals surface area contributed by atoms with Crippen LogP contribution in [0.2, 0.25) is 0 Å². The number of nitrogens with zero attached hydrogens (tertiary/aromatic N) is 3. The number of hydrogen-bond acceptors (Lipinski definition) is 6. The molecule has 4 rings (SSSR count). The highest BCUT2D eigenvalue weighted by Crippen LogP contribution is 2.44. The van der Waals surface area contributed by atoms with Gasteiger partial charge >= 0.3 is 5.51 Å². The van der Waals surface area contributed by atoms with E-state index < -0.39 is 26.1 Å². The number of aromatic nitrogens is 1. The molecule has 1 heterocycles. The van der Waals surface area contributed by atoms with Crippen LogP contribution in [0.3, 0.4) is 0 Å². The molecule has 0 bridgehead atoms. The van der Waals surface area contributed by atoms with Gasteiger partial charge in [-0.2, -0.15) is 18.4 Å². The van der Waals surface area contributed by atoms with Crippen LogP contribution in [0.15, 0.2) is 30.3 Å². The summed E-state index contributed by atoms with van der Waals surface area (Å²) in [4.78, 5) is 14.1. The first-order chi connectivity index (χ1) is 14.1. The summed E-state index contributed by atoms with van der Waals surface area (Å²) in [5, 5.41) is 20.5. The van der Waals surface area contributed by atoms with Crippen LogP contribution in [0.25, 0.3) is 11.1 Å². The molecule has 0 aliphatic heterocycles.